The van der Waals surface area contributed by atoms with Crippen molar-refractivity contribution < 1.29 is 9.59 Å². The Morgan fingerprint density at radius 1 is 1.35 bits per heavy atom. The highest BCUT2D eigenvalue weighted by Gasteiger charge is 2.22. The second kappa shape index (κ2) is 7.30. The highest BCUT2D eigenvalue weighted by atomic mass is 16.2. The fraction of sp³-hybridized carbons (Fsp3) is 0.846. The number of unbranched alkanes of at least 4 members (excludes halogenated alkanes) is 1. The van der Waals surface area contributed by atoms with Gasteiger partial charge in [-0.15, -0.1) is 0 Å². The van der Waals surface area contributed by atoms with Crippen molar-refractivity contribution in [3.8, 4) is 0 Å². The fourth-order valence-corrected chi connectivity index (χ4v) is 2.42. The summed E-state index contributed by atoms with van der Waals surface area (Å²) in [6.45, 7) is 2.05. The summed E-state index contributed by atoms with van der Waals surface area (Å²) >= 11 is 0. The van der Waals surface area contributed by atoms with Crippen LogP contribution in [0.4, 0.5) is 0 Å². The Bertz CT molecular complexity index is 260. The minimum Gasteiger partial charge on any atom is -0.368 e. The molecule has 98 valence electrons. The van der Waals surface area contributed by atoms with Gasteiger partial charge in [-0.1, -0.05) is 32.6 Å². The molecule has 1 atom stereocenters. The first-order chi connectivity index (χ1) is 8.13. The summed E-state index contributed by atoms with van der Waals surface area (Å²) in [7, 11) is 0. The van der Waals surface area contributed by atoms with Crippen molar-refractivity contribution in [3.05, 3.63) is 0 Å². The smallest absolute Gasteiger partial charge is 0.239 e. The Kier molecular flexibility index (Phi) is 6.01. The average Bonchev–Trinajstić information content (AvgIpc) is 2.76. The first kappa shape index (κ1) is 14.0. The van der Waals surface area contributed by atoms with Crippen molar-refractivity contribution in [3.63, 3.8) is 0 Å². The summed E-state index contributed by atoms with van der Waals surface area (Å²) in [4.78, 5) is 22.9. The van der Waals surface area contributed by atoms with Gasteiger partial charge in [0, 0.05) is 6.42 Å². The molecule has 1 fully saturated rings. The number of nitrogens with two attached hydrogens (primary N) is 1. The lowest BCUT2D eigenvalue weighted by atomic mass is 10.0. The molecule has 0 heterocycles. The standard InChI is InChI=1S/C13H24N2O2/c1-2-3-8-11(13(14)17)15-12(16)9-10-6-4-5-7-10/h10-11H,2-9H2,1H3,(H2,14,17)(H,15,16)/t11-/m0/s1. The van der Waals surface area contributed by atoms with Gasteiger partial charge in [0.15, 0.2) is 0 Å². The molecule has 1 saturated carbocycles. The molecule has 3 N–H and O–H groups in total. The molecule has 0 aromatic rings. The summed E-state index contributed by atoms with van der Waals surface area (Å²) in [5, 5.41) is 2.76. The van der Waals surface area contributed by atoms with Crippen molar-refractivity contribution in [2.45, 2.75) is 64.3 Å². The highest BCUT2D eigenvalue weighted by molar-refractivity contribution is 5.86. The summed E-state index contributed by atoms with van der Waals surface area (Å²) in [6.07, 6.45) is 7.87. The molecule has 0 aromatic heterocycles. The maximum absolute atomic E-state index is 11.8. The van der Waals surface area contributed by atoms with E-state index in [1.165, 1.54) is 12.8 Å². The highest BCUT2D eigenvalue weighted by Crippen LogP contribution is 2.27. The zero-order valence-electron chi connectivity index (χ0n) is 10.7. The average molecular weight is 240 g/mol. The summed E-state index contributed by atoms with van der Waals surface area (Å²) in [5.74, 6) is 0.0738. The van der Waals surface area contributed by atoms with Crippen molar-refractivity contribution in [2.24, 2.45) is 11.7 Å². The van der Waals surface area contributed by atoms with Gasteiger partial charge in [0.1, 0.15) is 6.04 Å². The second-order valence-corrected chi connectivity index (χ2v) is 5.02. The molecule has 0 aliphatic heterocycles. The maximum Gasteiger partial charge on any atom is 0.239 e. The van der Waals surface area contributed by atoms with Crippen LogP contribution in [0, 0.1) is 5.92 Å². The van der Waals surface area contributed by atoms with Gasteiger partial charge in [-0.25, -0.2) is 0 Å². The summed E-state index contributed by atoms with van der Waals surface area (Å²) in [5.41, 5.74) is 5.28. The minimum atomic E-state index is -0.483. The van der Waals surface area contributed by atoms with E-state index in [-0.39, 0.29) is 5.91 Å². The maximum atomic E-state index is 11.8. The molecule has 0 unspecified atom stereocenters. The largest absolute Gasteiger partial charge is 0.368 e. The third-order valence-electron chi connectivity index (χ3n) is 3.47. The number of carbonyl (C=O) groups is 2. The van der Waals surface area contributed by atoms with Crippen LogP contribution in [0.5, 0.6) is 0 Å². The quantitative estimate of drug-likeness (QED) is 0.711. The van der Waals surface area contributed by atoms with Gasteiger partial charge in [0.05, 0.1) is 0 Å². The van der Waals surface area contributed by atoms with E-state index in [4.69, 9.17) is 5.73 Å². The van der Waals surface area contributed by atoms with E-state index in [0.717, 1.165) is 25.7 Å². The van der Waals surface area contributed by atoms with E-state index in [1.54, 1.807) is 0 Å². The van der Waals surface area contributed by atoms with Crippen molar-refractivity contribution in [1.29, 1.82) is 0 Å². The molecule has 0 aromatic carbocycles. The monoisotopic (exact) mass is 240 g/mol. The van der Waals surface area contributed by atoms with Gasteiger partial charge in [0.2, 0.25) is 11.8 Å². The van der Waals surface area contributed by atoms with Gasteiger partial charge >= 0.3 is 0 Å². The Morgan fingerprint density at radius 2 is 2.00 bits per heavy atom. The molecular weight excluding hydrogens is 216 g/mol. The number of nitrogens with one attached hydrogen (secondary N) is 1. The Labute approximate surface area is 103 Å². The van der Waals surface area contributed by atoms with Crippen LogP contribution >= 0.6 is 0 Å². The zero-order chi connectivity index (χ0) is 12.7. The molecule has 0 saturated heterocycles. The van der Waals surface area contributed by atoms with Crippen LogP contribution in [0.2, 0.25) is 0 Å². The van der Waals surface area contributed by atoms with E-state index in [2.05, 4.69) is 12.2 Å². The number of rotatable bonds is 7. The molecule has 0 spiro atoms. The molecule has 4 nitrogen and oxygen atoms in total. The normalized spacial score (nSPS) is 17.9. The summed E-state index contributed by atoms with van der Waals surface area (Å²) in [6, 6.07) is -0.483. The fourth-order valence-electron chi connectivity index (χ4n) is 2.42. The minimum absolute atomic E-state index is 0.0168. The van der Waals surface area contributed by atoms with Crippen molar-refractivity contribution in [1.82, 2.24) is 5.32 Å². The van der Waals surface area contributed by atoms with Crippen molar-refractivity contribution >= 4 is 11.8 Å². The Hall–Kier alpha value is -1.06. The van der Waals surface area contributed by atoms with E-state index >= 15 is 0 Å². The van der Waals surface area contributed by atoms with E-state index in [9.17, 15) is 9.59 Å². The lowest BCUT2D eigenvalue weighted by molar-refractivity contribution is -0.128. The van der Waals surface area contributed by atoms with Gasteiger partial charge in [-0.2, -0.15) is 0 Å². The van der Waals surface area contributed by atoms with Gasteiger partial charge < -0.3 is 11.1 Å². The zero-order valence-corrected chi connectivity index (χ0v) is 10.7. The molecule has 4 heteroatoms. The molecule has 2 amide bonds. The van der Waals surface area contributed by atoms with Crippen LogP contribution in [0.15, 0.2) is 0 Å². The molecular formula is C13H24N2O2. The molecule has 1 rings (SSSR count). The number of hydrogen-bond acceptors (Lipinski definition) is 2. The van der Waals surface area contributed by atoms with Crippen LogP contribution in [-0.2, 0) is 9.59 Å². The first-order valence-electron chi connectivity index (χ1n) is 6.72. The van der Waals surface area contributed by atoms with E-state index < -0.39 is 11.9 Å². The SMILES string of the molecule is CCCC[C@H](NC(=O)CC1CCCC1)C(N)=O. The van der Waals surface area contributed by atoms with E-state index in [1.807, 2.05) is 0 Å². The van der Waals surface area contributed by atoms with Crippen LogP contribution in [-0.4, -0.2) is 17.9 Å². The van der Waals surface area contributed by atoms with Crippen LogP contribution < -0.4 is 11.1 Å². The Morgan fingerprint density at radius 3 is 2.53 bits per heavy atom. The van der Waals surface area contributed by atoms with Gasteiger partial charge in [0.25, 0.3) is 0 Å². The summed E-state index contributed by atoms with van der Waals surface area (Å²) < 4.78 is 0. The lowest BCUT2D eigenvalue weighted by Crippen LogP contribution is -2.44. The van der Waals surface area contributed by atoms with Crippen LogP contribution in [0.1, 0.15) is 58.3 Å². The molecule has 1 aliphatic rings. The van der Waals surface area contributed by atoms with E-state index in [0.29, 0.717) is 18.8 Å². The topological polar surface area (TPSA) is 72.2 Å². The van der Waals surface area contributed by atoms with Crippen LogP contribution in [0.3, 0.4) is 0 Å². The molecule has 1 aliphatic carbocycles. The predicted octanol–water partition coefficient (Wildman–Crippen LogP) is 1.73. The van der Waals surface area contributed by atoms with Crippen LogP contribution in [0.25, 0.3) is 0 Å². The Balaban J connectivity index is 2.32. The van der Waals surface area contributed by atoms with Crippen molar-refractivity contribution in [2.75, 3.05) is 0 Å². The molecule has 0 bridgehead atoms. The predicted molar refractivity (Wildman–Crippen MR) is 67.2 cm³/mol. The number of carbonyl (C=O) groups excluding carboxylic acids is 2. The second-order valence-electron chi connectivity index (χ2n) is 5.02. The van der Waals surface area contributed by atoms with Gasteiger partial charge in [-0.3, -0.25) is 9.59 Å². The van der Waals surface area contributed by atoms with Gasteiger partial charge in [-0.05, 0) is 25.2 Å². The third-order valence-corrected chi connectivity index (χ3v) is 3.47. The number of hydrogen-bond donors (Lipinski definition) is 2. The number of amides is 2. The number of primary amides is 1. The first-order valence-corrected chi connectivity index (χ1v) is 6.72. The third kappa shape index (κ3) is 5.20. The molecule has 17 heavy (non-hydrogen) atoms. The molecule has 0 radical (unpaired) electrons. The lowest BCUT2D eigenvalue weighted by Gasteiger charge is -2.16.